The van der Waals surface area contributed by atoms with Gasteiger partial charge in [-0.15, -0.1) is 0 Å². The summed E-state index contributed by atoms with van der Waals surface area (Å²) in [4.78, 5) is 12.9. The maximum absolute atomic E-state index is 12.9. The summed E-state index contributed by atoms with van der Waals surface area (Å²) >= 11 is 0. The summed E-state index contributed by atoms with van der Waals surface area (Å²) in [5, 5.41) is 2.92. The predicted molar refractivity (Wildman–Crippen MR) is 112 cm³/mol. The van der Waals surface area contributed by atoms with Crippen molar-refractivity contribution in [3.63, 3.8) is 0 Å². The SMILES string of the molecule is Cc1cc(C)c(NC(=O)[C@H](C)N(c2cc(C)ccc2C)S(C)(=O)=O)c(C)c1. The van der Waals surface area contributed by atoms with Crippen LogP contribution in [0.2, 0.25) is 0 Å². The molecule has 0 aromatic heterocycles. The quantitative estimate of drug-likeness (QED) is 0.841. The molecule has 2 aromatic rings. The van der Waals surface area contributed by atoms with Gasteiger partial charge >= 0.3 is 0 Å². The van der Waals surface area contributed by atoms with Crippen molar-refractivity contribution in [2.45, 2.75) is 47.6 Å². The number of nitrogens with zero attached hydrogens (tertiary/aromatic N) is 1. The van der Waals surface area contributed by atoms with Crippen LogP contribution in [0.15, 0.2) is 30.3 Å². The van der Waals surface area contributed by atoms with Crippen LogP contribution < -0.4 is 9.62 Å². The third-order valence-corrected chi connectivity index (χ3v) is 5.84. The Hall–Kier alpha value is -2.34. The average Bonchev–Trinajstić information content (AvgIpc) is 2.52. The molecule has 1 N–H and O–H groups in total. The van der Waals surface area contributed by atoms with Gasteiger partial charge in [0.2, 0.25) is 15.9 Å². The van der Waals surface area contributed by atoms with Crippen molar-refractivity contribution in [2.75, 3.05) is 15.9 Å². The van der Waals surface area contributed by atoms with Gasteiger partial charge in [-0.2, -0.15) is 0 Å². The Kier molecular flexibility index (Phi) is 6.00. The first-order chi connectivity index (χ1) is 12.4. The van der Waals surface area contributed by atoms with Gasteiger partial charge in [0, 0.05) is 5.69 Å². The third kappa shape index (κ3) is 4.69. The van der Waals surface area contributed by atoms with Gasteiger partial charge in [0.15, 0.2) is 0 Å². The van der Waals surface area contributed by atoms with Crippen molar-refractivity contribution in [2.24, 2.45) is 0 Å². The smallest absolute Gasteiger partial charge is 0.248 e. The van der Waals surface area contributed by atoms with Gasteiger partial charge in [0.05, 0.1) is 11.9 Å². The molecule has 1 atom stereocenters. The second-order valence-corrected chi connectivity index (χ2v) is 9.15. The fraction of sp³-hybridized carbons (Fsp3) is 0.381. The molecule has 27 heavy (non-hydrogen) atoms. The molecule has 0 unspecified atom stereocenters. The highest BCUT2D eigenvalue weighted by Crippen LogP contribution is 2.28. The topological polar surface area (TPSA) is 66.5 Å². The number of carbonyl (C=O) groups excluding carboxylic acids is 1. The number of anilines is 2. The van der Waals surface area contributed by atoms with Gasteiger partial charge < -0.3 is 5.32 Å². The van der Waals surface area contributed by atoms with Crippen molar-refractivity contribution in [3.8, 4) is 0 Å². The molecule has 0 heterocycles. The van der Waals surface area contributed by atoms with Crippen LogP contribution in [0.4, 0.5) is 11.4 Å². The lowest BCUT2D eigenvalue weighted by molar-refractivity contribution is -0.116. The number of benzene rings is 2. The summed E-state index contributed by atoms with van der Waals surface area (Å²) in [6.07, 6.45) is 1.13. The molecule has 0 aliphatic carbocycles. The molecular weight excluding hydrogens is 360 g/mol. The first-order valence-electron chi connectivity index (χ1n) is 8.87. The minimum atomic E-state index is -3.65. The summed E-state index contributed by atoms with van der Waals surface area (Å²) in [5.41, 5.74) is 6.00. The standard InChI is InChI=1S/C21H28N2O3S/c1-13-8-9-15(3)19(12-13)23(27(7,25)26)18(6)21(24)22-20-16(4)10-14(2)11-17(20)5/h8-12,18H,1-7H3,(H,22,24)/t18-/m0/s1. The van der Waals surface area contributed by atoms with Crippen LogP contribution in [-0.4, -0.2) is 26.6 Å². The van der Waals surface area contributed by atoms with Crippen molar-refractivity contribution in [3.05, 3.63) is 58.1 Å². The molecule has 6 heteroatoms. The first-order valence-corrected chi connectivity index (χ1v) is 10.7. The lowest BCUT2D eigenvalue weighted by atomic mass is 10.0. The number of hydrogen-bond acceptors (Lipinski definition) is 3. The zero-order valence-electron chi connectivity index (χ0n) is 17.0. The summed E-state index contributed by atoms with van der Waals surface area (Å²) in [7, 11) is -3.65. The van der Waals surface area contributed by atoms with Gasteiger partial charge in [-0.3, -0.25) is 9.10 Å². The number of sulfonamides is 1. The summed E-state index contributed by atoms with van der Waals surface area (Å²) in [5.74, 6) is -0.364. The minimum absolute atomic E-state index is 0.364. The number of nitrogens with one attached hydrogen (secondary N) is 1. The molecule has 0 aliphatic rings. The van der Waals surface area contributed by atoms with E-state index < -0.39 is 16.1 Å². The van der Waals surface area contributed by atoms with E-state index >= 15 is 0 Å². The highest BCUT2D eigenvalue weighted by atomic mass is 32.2. The molecular formula is C21H28N2O3S. The van der Waals surface area contributed by atoms with Gasteiger partial charge in [0.1, 0.15) is 6.04 Å². The van der Waals surface area contributed by atoms with E-state index in [1.807, 2.05) is 58.9 Å². The van der Waals surface area contributed by atoms with E-state index in [0.717, 1.165) is 39.8 Å². The molecule has 0 bridgehead atoms. The van der Waals surface area contributed by atoms with Crippen LogP contribution in [0.1, 0.15) is 34.7 Å². The highest BCUT2D eigenvalue weighted by Gasteiger charge is 2.30. The molecule has 0 fully saturated rings. The van der Waals surface area contributed by atoms with Crippen LogP contribution >= 0.6 is 0 Å². The summed E-state index contributed by atoms with van der Waals surface area (Å²) < 4.78 is 26.2. The highest BCUT2D eigenvalue weighted by molar-refractivity contribution is 7.92. The van der Waals surface area contributed by atoms with Crippen LogP contribution in [0.5, 0.6) is 0 Å². The Morgan fingerprint density at radius 3 is 2.00 bits per heavy atom. The Labute approximate surface area is 162 Å². The maximum atomic E-state index is 12.9. The number of rotatable bonds is 5. The average molecular weight is 389 g/mol. The van der Waals surface area contributed by atoms with Gasteiger partial charge in [-0.25, -0.2) is 8.42 Å². The molecule has 5 nitrogen and oxygen atoms in total. The van der Waals surface area contributed by atoms with Crippen molar-refractivity contribution < 1.29 is 13.2 Å². The maximum Gasteiger partial charge on any atom is 0.248 e. The van der Waals surface area contributed by atoms with Gasteiger partial charge in [-0.05, 0) is 69.9 Å². The van der Waals surface area contributed by atoms with E-state index in [4.69, 9.17) is 0 Å². The second kappa shape index (κ2) is 7.72. The third-order valence-electron chi connectivity index (χ3n) is 4.62. The molecule has 146 valence electrons. The number of carbonyl (C=O) groups is 1. The molecule has 0 saturated carbocycles. The second-order valence-electron chi connectivity index (χ2n) is 7.29. The zero-order valence-corrected chi connectivity index (χ0v) is 17.9. The molecule has 0 saturated heterocycles. The van der Waals surface area contributed by atoms with E-state index in [1.54, 1.807) is 13.0 Å². The Morgan fingerprint density at radius 2 is 1.48 bits per heavy atom. The van der Waals surface area contributed by atoms with E-state index in [0.29, 0.717) is 5.69 Å². The lowest BCUT2D eigenvalue weighted by Gasteiger charge is -2.30. The lowest BCUT2D eigenvalue weighted by Crippen LogP contribution is -2.45. The molecule has 0 aliphatic heterocycles. The van der Waals surface area contributed by atoms with E-state index in [-0.39, 0.29) is 5.91 Å². The number of aryl methyl sites for hydroxylation is 5. The van der Waals surface area contributed by atoms with Gasteiger partial charge in [-0.1, -0.05) is 29.8 Å². The summed E-state index contributed by atoms with van der Waals surface area (Å²) in [6.45, 7) is 11.2. The molecule has 0 spiro atoms. The Bertz CT molecular complexity index is 958. The van der Waals surface area contributed by atoms with Crippen LogP contribution in [-0.2, 0) is 14.8 Å². The van der Waals surface area contributed by atoms with Crippen molar-refractivity contribution >= 4 is 27.3 Å². The largest absolute Gasteiger partial charge is 0.324 e. The van der Waals surface area contributed by atoms with E-state index in [2.05, 4.69) is 5.32 Å². The Morgan fingerprint density at radius 1 is 0.926 bits per heavy atom. The molecule has 0 radical (unpaired) electrons. The fourth-order valence-corrected chi connectivity index (χ4v) is 4.57. The van der Waals surface area contributed by atoms with Crippen LogP contribution in [0.3, 0.4) is 0 Å². The normalized spacial score (nSPS) is 12.6. The predicted octanol–water partition coefficient (Wildman–Crippen LogP) is 4.02. The van der Waals surface area contributed by atoms with Crippen LogP contribution in [0, 0.1) is 34.6 Å². The minimum Gasteiger partial charge on any atom is -0.324 e. The molecule has 2 rings (SSSR count). The monoisotopic (exact) mass is 388 g/mol. The van der Waals surface area contributed by atoms with E-state index in [1.165, 1.54) is 4.31 Å². The van der Waals surface area contributed by atoms with Gasteiger partial charge in [0.25, 0.3) is 0 Å². The first kappa shape index (κ1) is 21.0. The number of amides is 1. The summed E-state index contributed by atoms with van der Waals surface area (Å²) in [6, 6.07) is 8.67. The van der Waals surface area contributed by atoms with E-state index in [9.17, 15) is 13.2 Å². The van der Waals surface area contributed by atoms with Crippen LogP contribution in [0.25, 0.3) is 0 Å². The van der Waals surface area contributed by atoms with Crippen molar-refractivity contribution in [1.29, 1.82) is 0 Å². The fourth-order valence-electron chi connectivity index (χ4n) is 3.34. The molecule has 2 aromatic carbocycles. The number of hydrogen-bond donors (Lipinski definition) is 1. The van der Waals surface area contributed by atoms with Crippen molar-refractivity contribution in [1.82, 2.24) is 0 Å². The molecule has 1 amide bonds. The Balaban J connectivity index is 2.43. The zero-order chi connectivity index (χ0) is 20.5.